The first-order chi connectivity index (χ1) is 15.4. The number of halogens is 2. The second-order valence-electron chi connectivity index (χ2n) is 9.97. The number of hydrogen-bond donors (Lipinski definition) is 2. The number of rotatable bonds is 6. The van der Waals surface area contributed by atoms with Gasteiger partial charge in [-0.1, -0.05) is 45.0 Å². The van der Waals surface area contributed by atoms with Gasteiger partial charge in [0.05, 0.1) is 17.3 Å². The van der Waals surface area contributed by atoms with Crippen LogP contribution >= 0.6 is 0 Å². The maximum Gasteiger partial charge on any atom is 0.307 e. The Kier molecular flexibility index (Phi) is 7.14. The number of nitrogens with zero attached hydrogens (tertiary/aromatic N) is 2. The number of aryl methyl sites for hydroxylation is 1. The van der Waals surface area contributed by atoms with E-state index in [1.165, 1.54) is 0 Å². The number of hydrogen-bond acceptors (Lipinski definition) is 4. The summed E-state index contributed by atoms with van der Waals surface area (Å²) in [5.41, 5.74) is 6.19. The molecular formula is C25H31F2N3O3. The summed E-state index contributed by atoms with van der Waals surface area (Å²) < 4.78 is 26.4. The second-order valence-corrected chi connectivity index (χ2v) is 9.97. The highest BCUT2D eigenvalue weighted by atomic mass is 19.3. The van der Waals surface area contributed by atoms with E-state index in [0.29, 0.717) is 22.9 Å². The second kappa shape index (κ2) is 9.53. The van der Waals surface area contributed by atoms with Gasteiger partial charge in [-0.05, 0) is 55.4 Å². The number of aliphatic carboxylic acids is 1. The molecule has 1 fully saturated rings. The SMILES string of the molecule is Cc1nc(C(F)F)c(C(N)=O)nc1-c1ccc([C@H]2CC[C@H](C(C(=O)O)C(C)(C)C)CC2)cc1. The van der Waals surface area contributed by atoms with Gasteiger partial charge in [0.15, 0.2) is 5.69 Å². The summed E-state index contributed by atoms with van der Waals surface area (Å²) in [6.45, 7) is 7.53. The minimum absolute atomic E-state index is 0.163. The van der Waals surface area contributed by atoms with Crippen LogP contribution in [0.4, 0.5) is 8.78 Å². The van der Waals surface area contributed by atoms with Crippen molar-refractivity contribution >= 4 is 11.9 Å². The van der Waals surface area contributed by atoms with Crippen LogP contribution in [0.15, 0.2) is 24.3 Å². The van der Waals surface area contributed by atoms with Gasteiger partial charge in [0.1, 0.15) is 5.69 Å². The molecule has 178 valence electrons. The van der Waals surface area contributed by atoms with Crippen molar-refractivity contribution in [3.8, 4) is 11.3 Å². The van der Waals surface area contributed by atoms with Crippen molar-refractivity contribution in [2.75, 3.05) is 0 Å². The van der Waals surface area contributed by atoms with E-state index in [1.807, 2.05) is 45.0 Å². The molecule has 0 saturated heterocycles. The van der Waals surface area contributed by atoms with Gasteiger partial charge in [-0.3, -0.25) is 9.59 Å². The Hall–Kier alpha value is -2.90. The first-order valence-corrected chi connectivity index (χ1v) is 11.2. The van der Waals surface area contributed by atoms with Crippen LogP contribution in [-0.2, 0) is 4.79 Å². The molecule has 1 unspecified atom stereocenters. The topological polar surface area (TPSA) is 106 Å². The highest BCUT2D eigenvalue weighted by Gasteiger charge is 2.39. The van der Waals surface area contributed by atoms with E-state index in [-0.39, 0.29) is 17.3 Å². The van der Waals surface area contributed by atoms with Gasteiger partial charge in [0.25, 0.3) is 12.3 Å². The van der Waals surface area contributed by atoms with E-state index in [1.54, 1.807) is 6.92 Å². The number of nitrogens with two attached hydrogens (primary N) is 1. The third-order valence-corrected chi connectivity index (χ3v) is 6.64. The molecule has 1 aromatic heterocycles. The molecule has 1 atom stereocenters. The Bertz CT molecular complexity index is 1020. The van der Waals surface area contributed by atoms with Crippen molar-refractivity contribution < 1.29 is 23.5 Å². The van der Waals surface area contributed by atoms with Gasteiger partial charge in [0, 0.05) is 5.56 Å². The molecule has 3 N–H and O–H groups in total. The first kappa shape index (κ1) is 24.7. The Morgan fingerprint density at radius 2 is 1.64 bits per heavy atom. The normalized spacial score (nSPS) is 20.0. The largest absolute Gasteiger partial charge is 0.481 e. The molecule has 8 heteroatoms. The number of benzene rings is 1. The van der Waals surface area contributed by atoms with Crippen LogP contribution in [0.25, 0.3) is 11.3 Å². The Labute approximate surface area is 192 Å². The smallest absolute Gasteiger partial charge is 0.307 e. The maximum atomic E-state index is 13.2. The molecule has 1 heterocycles. The predicted octanol–water partition coefficient (Wildman–Crippen LogP) is 5.51. The zero-order valence-electron chi connectivity index (χ0n) is 19.4. The lowest BCUT2D eigenvalue weighted by atomic mass is 9.66. The van der Waals surface area contributed by atoms with Crippen LogP contribution < -0.4 is 5.73 Å². The van der Waals surface area contributed by atoms with E-state index in [4.69, 9.17) is 5.73 Å². The van der Waals surface area contributed by atoms with Gasteiger partial charge < -0.3 is 10.8 Å². The van der Waals surface area contributed by atoms with Crippen molar-refractivity contribution in [3.05, 3.63) is 46.9 Å². The fourth-order valence-corrected chi connectivity index (χ4v) is 5.12. The number of alkyl halides is 2. The molecule has 1 amide bonds. The molecule has 0 radical (unpaired) electrons. The quantitative estimate of drug-likeness (QED) is 0.592. The average Bonchev–Trinajstić information content (AvgIpc) is 2.72. The summed E-state index contributed by atoms with van der Waals surface area (Å²) in [5, 5.41) is 9.72. The third-order valence-electron chi connectivity index (χ3n) is 6.64. The van der Waals surface area contributed by atoms with Crippen LogP contribution in [-0.4, -0.2) is 27.0 Å². The van der Waals surface area contributed by atoms with Crippen LogP contribution in [0.3, 0.4) is 0 Å². The van der Waals surface area contributed by atoms with Gasteiger partial charge in [-0.15, -0.1) is 0 Å². The molecular weight excluding hydrogens is 428 g/mol. The summed E-state index contributed by atoms with van der Waals surface area (Å²) in [4.78, 5) is 31.4. The standard InChI is InChI=1S/C25H31F2N3O3/c1-13-19(30-21(23(28)31)20(29-13)22(26)27)17-11-7-15(8-12-17)14-5-9-16(10-6-14)18(24(32)33)25(2,3)4/h7-8,11-12,14,16,18,22H,5-6,9-10H2,1-4H3,(H2,28,31)(H,32,33)/t14-,16-,18?. The average molecular weight is 460 g/mol. The molecule has 1 aliphatic rings. The van der Waals surface area contributed by atoms with E-state index >= 15 is 0 Å². The minimum atomic E-state index is -2.94. The molecule has 0 aliphatic heterocycles. The van der Waals surface area contributed by atoms with E-state index < -0.39 is 29.7 Å². The summed E-state index contributed by atoms with van der Waals surface area (Å²) in [5.74, 6) is -1.63. The molecule has 1 aliphatic carbocycles. The number of carbonyl (C=O) groups excluding carboxylic acids is 1. The number of primary amides is 1. The lowest BCUT2D eigenvalue weighted by Crippen LogP contribution is -2.36. The third kappa shape index (κ3) is 5.37. The van der Waals surface area contributed by atoms with Crippen LogP contribution in [0.2, 0.25) is 0 Å². The van der Waals surface area contributed by atoms with E-state index in [9.17, 15) is 23.5 Å². The summed E-state index contributed by atoms with van der Waals surface area (Å²) in [6.07, 6.45) is 0.615. The van der Waals surface area contributed by atoms with Gasteiger partial charge in [0.2, 0.25) is 0 Å². The number of amides is 1. The van der Waals surface area contributed by atoms with Crippen molar-refractivity contribution in [2.24, 2.45) is 23.0 Å². The highest BCUT2D eigenvalue weighted by molar-refractivity contribution is 5.92. The summed E-state index contributed by atoms with van der Waals surface area (Å²) in [6, 6.07) is 7.65. The Balaban J connectivity index is 1.78. The fourth-order valence-electron chi connectivity index (χ4n) is 5.12. The predicted molar refractivity (Wildman–Crippen MR) is 121 cm³/mol. The molecule has 0 spiro atoms. The zero-order valence-corrected chi connectivity index (χ0v) is 19.4. The van der Waals surface area contributed by atoms with E-state index in [2.05, 4.69) is 9.97 Å². The molecule has 1 saturated carbocycles. The van der Waals surface area contributed by atoms with Crippen LogP contribution in [0, 0.1) is 24.2 Å². The fraction of sp³-hybridized carbons (Fsp3) is 0.520. The summed E-state index contributed by atoms with van der Waals surface area (Å²) >= 11 is 0. The number of carboxylic acids is 1. The van der Waals surface area contributed by atoms with Crippen molar-refractivity contribution in [1.82, 2.24) is 9.97 Å². The molecule has 3 rings (SSSR count). The Morgan fingerprint density at radius 1 is 1.06 bits per heavy atom. The minimum Gasteiger partial charge on any atom is -0.481 e. The summed E-state index contributed by atoms with van der Waals surface area (Å²) in [7, 11) is 0. The Morgan fingerprint density at radius 3 is 2.09 bits per heavy atom. The highest BCUT2D eigenvalue weighted by Crippen LogP contribution is 2.44. The van der Waals surface area contributed by atoms with Gasteiger partial charge in [-0.25, -0.2) is 18.7 Å². The zero-order chi connectivity index (χ0) is 24.5. The lowest BCUT2D eigenvalue weighted by molar-refractivity contribution is -0.149. The molecule has 1 aromatic carbocycles. The van der Waals surface area contributed by atoms with Gasteiger partial charge >= 0.3 is 5.97 Å². The monoisotopic (exact) mass is 459 g/mol. The maximum absolute atomic E-state index is 13.2. The lowest BCUT2D eigenvalue weighted by Gasteiger charge is -2.38. The number of carboxylic acid groups (broad SMARTS) is 1. The molecule has 6 nitrogen and oxygen atoms in total. The number of carbonyl (C=O) groups is 2. The van der Waals surface area contributed by atoms with Crippen LogP contribution in [0.5, 0.6) is 0 Å². The van der Waals surface area contributed by atoms with Gasteiger partial charge in [-0.2, -0.15) is 0 Å². The van der Waals surface area contributed by atoms with E-state index in [0.717, 1.165) is 31.2 Å². The van der Waals surface area contributed by atoms with Crippen molar-refractivity contribution in [2.45, 2.75) is 65.7 Å². The van der Waals surface area contributed by atoms with Crippen molar-refractivity contribution in [1.29, 1.82) is 0 Å². The number of aromatic nitrogens is 2. The van der Waals surface area contributed by atoms with Crippen LogP contribution in [0.1, 0.15) is 86.2 Å². The molecule has 0 bridgehead atoms. The molecule has 33 heavy (non-hydrogen) atoms. The first-order valence-electron chi connectivity index (χ1n) is 11.2. The molecule has 2 aromatic rings. The van der Waals surface area contributed by atoms with Crippen molar-refractivity contribution in [3.63, 3.8) is 0 Å².